The third kappa shape index (κ3) is 2.68. The first kappa shape index (κ1) is 12.4. The van der Waals surface area contributed by atoms with Crippen molar-refractivity contribution in [2.75, 3.05) is 0 Å². The molecule has 0 aliphatic heterocycles. The molecule has 0 radical (unpaired) electrons. The van der Waals surface area contributed by atoms with E-state index in [1.54, 1.807) is 6.92 Å². The maximum absolute atomic E-state index is 11.7. The fourth-order valence-electron chi connectivity index (χ4n) is 1.42. The van der Waals surface area contributed by atoms with Crippen LogP contribution in [0.4, 0.5) is 0 Å². The highest BCUT2D eigenvalue weighted by Gasteiger charge is 2.13. The molecule has 0 aromatic carbocycles. The summed E-state index contributed by atoms with van der Waals surface area (Å²) in [6.45, 7) is 5.64. The molecule has 1 aromatic rings. The Labute approximate surface area is 93.5 Å². The Balaban J connectivity index is 3.17. The largest absolute Gasteiger partial charge is 0.481 e. The fourth-order valence-corrected chi connectivity index (χ4v) is 1.42. The first-order valence-corrected chi connectivity index (χ1v) is 5.27. The number of nitrogens with one attached hydrogen (secondary N) is 1. The van der Waals surface area contributed by atoms with Crippen LogP contribution < -0.4 is 5.56 Å². The van der Waals surface area contributed by atoms with Crippen LogP contribution >= 0.6 is 0 Å². The number of carboxylic acids is 1. The maximum Gasteiger partial charge on any atom is 0.308 e. The quantitative estimate of drug-likeness (QED) is 0.805. The van der Waals surface area contributed by atoms with Crippen molar-refractivity contribution in [3.05, 3.63) is 27.4 Å². The maximum atomic E-state index is 11.7. The fraction of sp³-hybridized carbons (Fsp3) is 0.545. The van der Waals surface area contributed by atoms with Crippen LogP contribution in [0, 0.1) is 6.92 Å². The number of nitrogens with zero attached hydrogens (tertiary/aromatic N) is 1. The average molecular weight is 224 g/mol. The van der Waals surface area contributed by atoms with Crippen LogP contribution in [0.3, 0.4) is 0 Å². The van der Waals surface area contributed by atoms with Gasteiger partial charge in [-0.25, -0.2) is 4.98 Å². The monoisotopic (exact) mass is 224 g/mol. The molecule has 0 saturated heterocycles. The average Bonchev–Trinajstić information content (AvgIpc) is 2.21. The van der Waals surface area contributed by atoms with E-state index in [0.29, 0.717) is 11.5 Å². The lowest BCUT2D eigenvalue weighted by Gasteiger charge is -2.10. The van der Waals surface area contributed by atoms with Gasteiger partial charge in [-0.2, -0.15) is 0 Å². The highest BCUT2D eigenvalue weighted by Crippen LogP contribution is 2.13. The summed E-state index contributed by atoms with van der Waals surface area (Å²) in [6.07, 6.45) is 0.593. The van der Waals surface area contributed by atoms with Gasteiger partial charge in [-0.15, -0.1) is 0 Å². The predicted molar refractivity (Wildman–Crippen MR) is 59.6 cm³/mol. The number of aromatic amines is 1. The third-order valence-corrected chi connectivity index (χ3v) is 2.65. The van der Waals surface area contributed by atoms with Crippen molar-refractivity contribution in [2.45, 2.75) is 39.5 Å². The standard InChI is InChI=1S/C11H16N2O3/c1-4-6(2)10-12-7(3)8(5-9(14)15)11(16)13-10/h6H,4-5H2,1-3H3,(H,14,15)(H,12,13,16). The summed E-state index contributed by atoms with van der Waals surface area (Å²) in [5.74, 6) is -0.226. The Hall–Kier alpha value is -1.65. The van der Waals surface area contributed by atoms with E-state index in [1.165, 1.54) is 0 Å². The molecule has 0 amide bonds. The third-order valence-electron chi connectivity index (χ3n) is 2.65. The number of aliphatic carboxylic acids is 1. The van der Waals surface area contributed by atoms with Crippen molar-refractivity contribution in [3.63, 3.8) is 0 Å². The van der Waals surface area contributed by atoms with Crippen molar-refractivity contribution in [1.29, 1.82) is 0 Å². The molecular weight excluding hydrogens is 208 g/mol. The van der Waals surface area contributed by atoms with Crippen molar-refractivity contribution in [3.8, 4) is 0 Å². The Kier molecular flexibility index (Phi) is 3.82. The summed E-state index contributed by atoms with van der Waals surface area (Å²) in [4.78, 5) is 29.1. The molecule has 0 saturated carbocycles. The second-order valence-corrected chi connectivity index (χ2v) is 3.89. The minimum absolute atomic E-state index is 0.172. The molecule has 0 bridgehead atoms. The highest BCUT2D eigenvalue weighted by molar-refractivity contribution is 5.70. The number of aromatic nitrogens is 2. The molecule has 5 nitrogen and oxygen atoms in total. The van der Waals surface area contributed by atoms with Crippen molar-refractivity contribution in [1.82, 2.24) is 9.97 Å². The smallest absolute Gasteiger partial charge is 0.308 e. The number of rotatable bonds is 4. The van der Waals surface area contributed by atoms with E-state index < -0.39 is 5.97 Å². The van der Waals surface area contributed by atoms with Crippen LogP contribution in [0.2, 0.25) is 0 Å². The zero-order chi connectivity index (χ0) is 12.3. The van der Waals surface area contributed by atoms with Gasteiger partial charge in [0.2, 0.25) is 0 Å². The van der Waals surface area contributed by atoms with Gasteiger partial charge in [0.25, 0.3) is 5.56 Å². The summed E-state index contributed by atoms with van der Waals surface area (Å²) >= 11 is 0. The lowest BCUT2D eigenvalue weighted by atomic mass is 10.1. The molecule has 1 heterocycles. The summed E-state index contributed by atoms with van der Waals surface area (Å²) in [5.41, 5.74) is 0.395. The summed E-state index contributed by atoms with van der Waals surface area (Å²) in [6, 6.07) is 0. The number of hydrogen-bond donors (Lipinski definition) is 2. The lowest BCUT2D eigenvalue weighted by molar-refractivity contribution is -0.136. The van der Waals surface area contributed by atoms with Crippen LogP contribution in [-0.2, 0) is 11.2 Å². The normalized spacial score (nSPS) is 12.4. The molecule has 2 N–H and O–H groups in total. The van der Waals surface area contributed by atoms with Gasteiger partial charge < -0.3 is 10.1 Å². The number of carbonyl (C=O) groups is 1. The van der Waals surface area contributed by atoms with E-state index in [2.05, 4.69) is 9.97 Å². The van der Waals surface area contributed by atoms with Gasteiger partial charge in [-0.1, -0.05) is 13.8 Å². The van der Waals surface area contributed by atoms with E-state index >= 15 is 0 Å². The van der Waals surface area contributed by atoms with Gasteiger partial charge in [0.15, 0.2) is 0 Å². The molecular formula is C11H16N2O3. The van der Waals surface area contributed by atoms with E-state index in [9.17, 15) is 9.59 Å². The van der Waals surface area contributed by atoms with E-state index in [4.69, 9.17) is 5.11 Å². The summed E-state index contributed by atoms with van der Waals surface area (Å²) < 4.78 is 0. The van der Waals surface area contributed by atoms with Gasteiger partial charge in [0.1, 0.15) is 5.82 Å². The van der Waals surface area contributed by atoms with Crippen molar-refractivity contribution in [2.24, 2.45) is 0 Å². The lowest BCUT2D eigenvalue weighted by Crippen LogP contribution is -2.22. The molecule has 88 valence electrons. The number of aryl methyl sites for hydroxylation is 1. The number of H-pyrrole nitrogens is 1. The number of carboxylic acid groups (broad SMARTS) is 1. The molecule has 1 aromatic heterocycles. The first-order valence-electron chi connectivity index (χ1n) is 5.27. The highest BCUT2D eigenvalue weighted by atomic mass is 16.4. The van der Waals surface area contributed by atoms with Crippen molar-refractivity contribution >= 4 is 5.97 Å². The predicted octanol–water partition coefficient (Wildman–Crippen LogP) is 1.22. The minimum atomic E-state index is -1.02. The minimum Gasteiger partial charge on any atom is -0.481 e. The van der Waals surface area contributed by atoms with Crippen LogP contribution in [0.15, 0.2) is 4.79 Å². The van der Waals surface area contributed by atoms with E-state index in [0.717, 1.165) is 6.42 Å². The SMILES string of the molecule is CCC(C)c1nc(C)c(CC(=O)O)c(=O)[nH]1. The van der Waals surface area contributed by atoms with Gasteiger partial charge >= 0.3 is 5.97 Å². The van der Waals surface area contributed by atoms with Crippen molar-refractivity contribution < 1.29 is 9.90 Å². The van der Waals surface area contributed by atoms with Crippen LogP contribution in [0.1, 0.15) is 43.3 Å². The molecule has 0 aliphatic carbocycles. The molecule has 5 heteroatoms. The van der Waals surface area contributed by atoms with Gasteiger partial charge in [-0.3, -0.25) is 9.59 Å². The second kappa shape index (κ2) is 4.92. The molecule has 0 fully saturated rings. The zero-order valence-corrected chi connectivity index (χ0v) is 9.70. The molecule has 1 atom stereocenters. The molecule has 16 heavy (non-hydrogen) atoms. The zero-order valence-electron chi connectivity index (χ0n) is 9.70. The molecule has 0 aliphatic rings. The van der Waals surface area contributed by atoms with Crippen LogP contribution in [0.5, 0.6) is 0 Å². The first-order chi connectivity index (χ1) is 7.45. The van der Waals surface area contributed by atoms with Crippen LogP contribution in [-0.4, -0.2) is 21.0 Å². The topological polar surface area (TPSA) is 83.0 Å². The Morgan fingerprint density at radius 3 is 2.62 bits per heavy atom. The van der Waals surface area contributed by atoms with Crippen LogP contribution in [0.25, 0.3) is 0 Å². The molecule has 1 rings (SSSR count). The Morgan fingerprint density at radius 2 is 2.19 bits per heavy atom. The van der Waals surface area contributed by atoms with E-state index in [-0.39, 0.29) is 23.5 Å². The second-order valence-electron chi connectivity index (χ2n) is 3.89. The summed E-state index contributed by atoms with van der Waals surface area (Å²) in [5, 5.41) is 8.66. The number of hydrogen-bond acceptors (Lipinski definition) is 3. The van der Waals surface area contributed by atoms with Gasteiger partial charge in [0, 0.05) is 17.2 Å². The Bertz CT molecular complexity index is 451. The molecule has 0 spiro atoms. The Morgan fingerprint density at radius 1 is 1.56 bits per heavy atom. The van der Waals surface area contributed by atoms with Gasteiger partial charge in [0.05, 0.1) is 6.42 Å². The van der Waals surface area contributed by atoms with Gasteiger partial charge in [-0.05, 0) is 13.3 Å². The summed E-state index contributed by atoms with van der Waals surface area (Å²) in [7, 11) is 0. The molecule has 1 unspecified atom stereocenters. The van der Waals surface area contributed by atoms with E-state index in [1.807, 2.05) is 13.8 Å².